The first-order valence-corrected chi connectivity index (χ1v) is 19.6. The van der Waals surface area contributed by atoms with Gasteiger partial charge in [0.1, 0.15) is 0 Å². The van der Waals surface area contributed by atoms with E-state index in [1.807, 2.05) is 0 Å². The minimum atomic E-state index is 0.150. The van der Waals surface area contributed by atoms with Crippen molar-refractivity contribution in [2.75, 3.05) is 0 Å². The van der Waals surface area contributed by atoms with Crippen LogP contribution in [-0.4, -0.2) is 0 Å². The van der Waals surface area contributed by atoms with Gasteiger partial charge in [0.2, 0.25) is 0 Å². The molecular formula is C45H66. The van der Waals surface area contributed by atoms with E-state index in [0.29, 0.717) is 0 Å². The van der Waals surface area contributed by atoms with Crippen molar-refractivity contribution in [2.45, 2.75) is 174 Å². The third-order valence-corrected chi connectivity index (χ3v) is 10.8. The van der Waals surface area contributed by atoms with E-state index in [2.05, 4.69) is 88.4 Å². The molecule has 246 valence electrons. The van der Waals surface area contributed by atoms with Gasteiger partial charge in [-0.25, -0.2) is 0 Å². The third kappa shape index (κ3) is 9.36. The average Bonchev–Trinajstić information content (AvgIpc) is 3.33. The summed E-state index contributed by atoms with van der Waals surface area (Å²) in [6, 6.07) is 24.5. The molecule has 0 aromatic heterocycles. The summed E-state index contributed by atoms with van der Waals surface area (Å²) in [5.41, 5.74) is 12.7. The molecule has 4 rings (SSSR count). The van der Waals surface area contributed by atoms with E-state index in [9.17, 15) is 0 Å². The van der Waals surface area contributed by atoms with Crippen LogP contribution in [-0.2, 0) is 18.3 Å². The number of rotatable bonds is 23. The van der Waals surface area contributed by atoms with Crippen molar-refractivity contribution in [2.24, 2.45) is 0 Å². The van der Waals surface area contributed by atoms with Crippen LogP contribution < -0.4 is 0 Å². The van der Waals surface area contributed by atoms with Crippen molar-refractivity contribution in [1.29, 1.82) is 0 Å². The summed E-state index contributed by atoms with van der Waals surface area (Å²) in [7, 11) is 0. The van der Waals surface area contributed by atoms with Crippen LogP contribution in [0.2, 0.25) is 0 Å². The highest BCUT2D eigenvalue weighted by atomic mass is 14.5. The van der Waals surface area contributed by atoms with E-state index in [1.165, 1.54) is 152 Å². The van der Waals surface area contributed by atoms with Crippen LogP contribution >= 0.6 is 0 Å². The first kappa shape index (κ1) is 35.5. The van der Waals surface area contributed by atoms with E-state index in [-0.39, 0.29) is 5.41 Å². The summed E-state index contributed by atoms with van der Waals surface area (Å²) in [6.07, 6.45) is 29.1. The largest absolute Gasteiger partial charge is 0.0654 e. The third-order valence-electron chi connectivity index (χ3n) is 10.8. The summed E-state index contributed by atoms with van der Waals surface area (Å²) >= 11 is 0. The predicted octanol–water partition coefficient (Wildman–Crippen LogP) is 14.6. The van der Waals surface area contributed by atoms with Gasteiger partial charge in [0.25, 0.3) is 0 Å². The Bertz CT molecular complexity index is 1250. The minimum absolute atomic E-state index is 0.150. The zero-order valence-electron chi connectivity index (χ0n) is 29.8. The van der Waals surface area contributed by atoms with Gasteiger partial charge in [-0.3, -0.25) is 0 Å². The normalized spacial score (nSPS) is 13.2. The van der Waals surface area contributed by atoms with Crippen LogP contribution in [0.15, 0.2) is 60.7 Å². The molecule has 0 heterocycles. The molecular weight excluding hydrogens is 540 g/mol. The first-order valence-electron chi connectivity index (χ1n) is 19.6. The zero-order chi connectivity index (χ0) is 31.7. The maximum absolute atomic E-state index is 2.74. The monoisotopic (exact) mass is 607 g/mol. The lowest BCUT2D eigenvalue weighted by Gasteiger charge is -2.33. The van der Waals surface area contributed by atoms with Crippen LogP contribution in [0.4, 0.5) is 0 Å². The zero-order valence-corrected chi connectivity index (χ0v) is 29.8. The van der Waals surface area contributed by atoms with Gasteiger partial charge >= 0.3 is 0 Å². The van der Waals surface area contributed by atoms with Crippen molar-refractivity contribution in [1.82, 2.24) is 0 Å². The fourth-order valence-corrected chi connectivity index (χ4v) is 8.21. The predicted molar refractivity (Wildman–Crippen MR) is 201 cm³/mol. The summed E-state index contributed by atoms with van der Waals surface area (Å²) in [4.78, 5) is 0. The Morgan fingerprint density at radius 2 is 0.867 bits per heavy atom. The van der Waals surface area contributed by atoms with Gasteiger partial charge in [-0.2, -0.15) is 0 Å². The number of hydrogen-bond acceptors (Lipinski definition) is 0. The second-order valence-electron chi connectivity index (χ2n) is 14.3. The fraction of sp³-hybridized carbons (Fsp3) is 0.600. The molecule has 0 N–H and O–H groups in total. The van der Waals surface area contributed by atoms with Crippen LogP contribution in [0.25, 0.3) is 22.3 Å². The molecule has 3 aromatic rings. The van der Waals surface area contributed by atoms with Gasteiger partial charge in [-0.15, -0.1) is 0 Å². The second kappa shape index (κ2) is 19.4. The molecule has 0 nitrogen and oxygen atoms in total. The van der Waals surface area contributed by atoms with Gasteiger partial charge in [0, 0.05) is 5.41 Å². The molecule has 0 saturated carbocycles. The maximum atomic E-state index is 2.74. The van der Waals surface area contributed by atoms with Crippen LogP contribution in [0.3, 0.4) is 0 Å². The number of aryl methyl sites for hydroxylation is 2. The minimum Gasteiger partial charge on any atom is -0.0654 e. The molecule has 3 aromatic carbocycles. The maximum Gasteiger partial charge on any atom is 0.0215 e. The van der Waals surface area contributed by atoms with Crippen molar-refractivity contribution >= 4 is 0 Å². The van der Waals surface area contributed by atoms with E-state index in [4.69, 9.17) is 0 Å². The Morgan fingerprint density at radius 1 is 0.378 bits per heavy atom. The Morgan fingerprint density at radius 3 is 1.47 bits per heavy atom. The molecule has 0 saturated heterocycles. The summed E-state index contributed by atoms with van der Waals surface area (Å²) < 4.78 is 0. The molecule has 0 fully saturated rings. The van der Waals surface area contributed by atoms with Crippen molar-refractivity contribution in [3.8, 4) is 22.3 Å². The van der Waals surface area contributed by atoms with Gasteiger partial charge in [0.05, 0.1) is 0 Å². The second-order valence-corrected chi connectivity index (χ2v) is 14.3. The molecule has 1 aliphatic carbocycles. The van der Waals surface area contributed by atoms with E-state index < -0.39 is 0 Å². The van der Waals surface area contributed by atoms with E-state index in [0.717, 1.165) is 0 Å². The van der Waals surface area contributed by atoms with E-state index in [1.54, 1.807) is 33.4 Å². The number of fused-ring (bicyclic) bond motifs is 3. The molecule has 45 heavy (non-hydrogen) atoms. The molecule has 0 heteroatoms. The molecule has 0 bridgehead atoms. The number of hydrogen-bond donors (Lipinski definition) is 0. The topological polar surface area (TPSA) is 0 Å². The highest BCUT2D eigenvalue weighted by molar-refractivity contribution is 5.86. The molecule has 0 unspecified atom stereocenters. The Hall–Kier alpha value is -2.34. The Balaban J connectivity index is 1.80. The average molecular weight is 607 g/mol. The van der Waals surface area contributed by atoms with Crippen LogP contribution in [0.5, 0.6) is 0 Å². The highest BCUT2D eigenvalue weighted by Gasteiger charge is 2.42. The standard InChI is InChI=1S/C45H66/c1-5-9-13-17-19-27-37-28-21-22-30-39(37)41-36-44-42(35-38(41)29-20-18-14-10-6-2)40-31-23-24-32-43(40)45(44,33-25-15-11-7-3)34-26-16-12-8-4/h21-24,28,30-32,35-36H,5-20,25-27,29,33-34H2,1-4H3. The van der Waals surface area contributed by atoms with Crippen LogP contribution in [0.1, 0.15) is 178 Å². The quantitative estimate of drug-likeness (QED) is 0.0942. The lowest BCUT2D eigenvalue weighted by Crippen LogP contribution is -2.25. The summed E-state index contributed by atoms with van der Waals surface area (Å²) in [5, 5.41) is 0. The van der Waals surface area contributed by atoms with Gasteiger partial charge in [-0.05, 0) is 89.1 Å². The molecule has 0 radical (unpaired) electrons. The van der Waals surface area contributed by atoms with Crippen molar-refractivity contribution in [3.05, 3.63) is 82.9 Å². The molecule has 1 aliphatic rings. The molecule has 0 aliphatic heterocycles. The Kier molecular flexibility index (Phi) is 15.3. The smallest absolute Gasteiger partial charge is 0.0215 e. The SMILES string of the molecule is CCCCCCCc1ccccc1-c1cc2c(cc1CCCCCCC)-c1ccccc1C2(CCCCCC)CCCCCC. The fourth-order valence-electron chi connectivity index (χ4n) is 8.21. The van der Waals surface area contributed by atoms with Gasteiger partial charge < -0.3 is 0 Å². The first-order chi connectivity index (χ1) is 22.2. The molecule has 0 amide bonds. The van der Waals surface area contributed by atoms with Gasteiger partial charge in [-0.1, -0.05) is 185 Å². The Labute approximate surface area is 278 Å². The van der Waals surface area contributed by atoms with E-state index >= 15 is 0 Å². The summed E-state index contributed by atoms with van der Waals surface area (Å²) in [5.74, 6) is 0. The van der Waals surface area contributed by atoms with Crippen molar-refractivity contribution < 1.29 is 0 Å². The summed E-state index contributed by atoms with van der Waals surface area (Å²) in [6.45, 7) is 9.33. The van der Waals surface area contributed by atoms with Gasteiger partial charge in [0.15, 0.2) is 0 Å². The lowest BCUT2D eigenvalue weighted by molar-refractivity contribution is 0.401. The van der Waals surface area contributed by atoms with Crippen LogP contribution in [0, 0.1) is 0 Å². The number of unbranched alkanes of at least 4 members (excludes halogenated alkanes) is 14. The molecule has 0 atom stereocenters. The molecule has 0 spiro atoms. The lowest BCUT2D eigenvalue weighted by atomic mass is 9.70. The highest BCUT2D eigenvalue weighted by Crippen LogP contribution is 2.55. The number of benzene rings is 3. The van der Waals surface area contributed by atoms with Crippen molar-refractivity contribution in [3.63, 3.8) is 0 Å².